The van der Waals surface area contributed by atoms with Gasteiger partial charge in [-0.25, -0.2) is 0 Å². The summed E-state index contributed by atoms with van der Waals surface area (Å²) in [5.41, 5.74) is 2.81. The summed E-state index contributed by atoms with van der Waals surface area (Å²) in [6.45, 7) is 1.87. The molecule has 0 bridgehead atoms. The van der Waals surface area contributed by atoms with Gasteiger partial charge in [0.25, 0.3) is 5.91 Å². The van der Waals surface area contributed by atoms with Gasteiger partial charge in [0, 0.05) is 18.5 Å². The molecule has 2 aliphatic carbocycles. The van der Waals surface area contributed by atoms with E-state index in [1.165, 1.54) is 0 Å². The Morgan fingerprint density at radius 1 is 1.35 bits per heavy atom. The lowest BCUT2D eigenvalue weighted by molar-refractivity contribution is 0.0922. The number of carbonyl (C=O) groups excluding carboxylic acids is 1. The SMILES string of the molecule is C[C@H](NC(=O)c1c2c(nn1C)CCCC2)c1nc(C2CC2)no1. The van der Waals surface area contributed by atoms with Crippen LogP contribution in [0.25, 0.3) is 0 Å². The van der Waals surface area contributed by atoms with Crippen LogP contribution in [0.1, 0.15) is 78.0 Å². The molecule has 1 amide bonds. The predicted octanol–water partition coefficient (Wildman–Crippen LogP) is 2.05. The number of amides is 1. The number of carbonyl (C=O) groups is 1. The first-order valence-electron chi connectivity index (χ1n) is 8.32. The highest BCUT2D eigenvalue weighted by Crippen LogP contribution is 2.38. The van der Waals surface area contributed by atoms with Crippen molar-refractivity contribution in [1.82, 2.24) is 25.2 Å². The number of fused-ring (bicyclic) bond motifs is 1. The minimum absolute atomic E-state index is 0.123. The van der Waals surface area contributed by atoms with Crippen LogP contribution < -0.4 is 5.32 Å². The Hall–Kier alpha value is -2.18. The summed E-state index contributed by atoms with van der Waals surface area (Å²) < 4.78 is 6.99. The summed E-state index contributed by atoms with van der Waals surface area (Å²) in [5, 5.41) is 11.5. The van der Waals surface area contributed by atoms with Crippen LogP contribution in [-0.2, 0) is 19.9 Å². The van der Waals surface area contributed by atoms with Crippen LogP contribution in [0.15, 0.2) is 4.52 Å². The third-order valence-corrected chi connectivity index (χ3v) is 4.65. The zero-order chi connectivity index (χ0) is 16.0. The van der Waals surface area contributed by atoms with E-state index < -0.39 is 0 Å². The normalized spacial score (nSPS) is 18.5. The van der Waals surface area contributed by atoms with E-state index in [2.05, 4.69) is 20.6 Å². The van der Waals surface area contributed by atoms with Crippen LogP contribution in [0.5, 0.6) is 0 Å². The second-order valence-electron chi connectivity index (χ2n) is 6.56. The molecule has 23 heavy (non-hydrogen) atoms. The maximum absolute atomic E-state index is 12.7. The second-order valence-corrected chi connectivity index (χ2v) is 6.56. The van der Waals surface area contributed by atoms with Crippen molar-refractivity contribution in [2.45, 2.75) is 57.4 Å². The largest absolute Gasteiger partial charge is 0.339 e. The average molecular weight is 315 g/mol. The van der Waals surface area contributed by atoms with Crippen LogP contribution >= 0.6 is 0 Å². The van der Waals surface area contributed by atoms with E-state index >= 15 is 0 Å². The van der Waals surface area contributed by atoms with Gasteiger partial charge in [0.05, 0.1) is 5.69 Å². The van der Waals surface area contributed by atoms with Crippen molar-refractivity contribution >= 4 is 5.91 Å². The smallest absolute Gasteiger partial charge is 0.270 e. The van der Waals surface area contributed by atoms with E-state index in [-0.39, 0.29) is 11.9 Å². The lowest BCUT2D eigenvalue weighted by Crippen LogP contribution is -2.29. The minimum atomic E-state index is -0.309. The van der Waals surface area contributed by atoms with Crippen molar-refractivity contribution in [2.24, 2.45) is 7.05 Å². The average Bonchev–Trinajstić information content (AvgIpc) is 3.15. The maximum Gasteiger partial charge on any atom is 0.270 e. The number of aromatic nitrogens is 4. The van der Waals surface area contributed by atoms with E-state index in [1.807, 2.05) is 14.0 Å². The van der Waals surface area contributed by atoms with E-state index in [0.717, 1.165) is 55.6 Å². The van der Waals surface area contributed by atoms with E-state index in [9.17, 15) is 4.79 Å². The van der Waals surface area contributed by atoms with E-state index in [1.54, 1.807) is 4.68 Å². The highest BCUT2D eigenvalue weighted by molar-refractivity contribution is 5.94. The Morgan fingerprint density at radius 2 is 2.13 bits per heavy atom. The maximum atomic E-state index is 12.7. The van der Waals surface area contributed by atoms with Crippen molar-refractivity contribution in [2.75, 3.05) is 0 Å². The highest BCUT2D eigenvalue weighted by atomic mass is 16.5. The second kappa shape index (κ2) is 5.47. The molecule has 7 nitrogen and oxygen atoms in total. The first kappa shape index (κ1) is 14.4. The molecule has 0 radical (unpaired) electrons. The number of hydrogen-bond acceptors (Lipinski definition) is 5. The van der Waals surface area contributed by atoms with Crippen LogP contribution in [0.3, 0.4) is 0 Å². The zero-order valence-corrected chi connectivity index (χ0v) is 13.5. The highest BCUT2D eigenvalue weighted by Gasteiger charge is 2.30. The molecular weight excluding hydrogens is 294 g/mol. The number of rotatable bonds is 4. The molecule has 1 N–H and O–H groups in total. The molecule has 0 spiro atoms. The number of nitrogens with zero attached hydrogens (tertiary/aromatic N) is 4. The van der Waals surface area contributed by atoms with Crippen molar-refractivity contribution in [3.63, 3.8) is 0 Å². The van der Waals surface area contributed by atoms with Gasteiger partial charge in [-0.15, -0.1) is 0 Å². The molecular formula is C16H21N5O2. The molecule has 4 rings (SSSR count). The van der Waals surface area contributed by atoms with Gasteiger partial charge in [-0.2, -0.15) is 10.1 Å². The lowest BCUT2D eigenvalue weighted by Gasteiger charge is -2.13. The molecule has 0 unspecified atom stereocenters. The number of aryl methyl sites for hydroxylation is 2. The summed E-state index contributed by atoms with van der Waals surface area (Å²) in [7, 11) is 1.83. The molecule has 2 heterocycles. The minimum Gasteiger partial charge on any atom is -0.339 e. The number of hydrogen-bond donors (Lipinski definition) is 1. The summed E-state index contributed by atoms with van der Waals surface area (Å²) in [4.78, 5) is 17.1. The summed E-state index contributed by atoms with van der Waals surface area (Å²) in [6, 6.07) is -0.309. The molecule has 7 heteroatoms. The Kier molecular flexibility index (Phi) is 3.43. The first-order chi connectivity index (χ1) is 11.1. The monoisotopic (exact) mass is 315 g/mol. The van der Waals surface area contributed by atoms with Crippen molar-refractivity contribution < 1.29 is 9.32 Å². The van der Waals surface area contributed by atoms with Crippen LogP contribution in [-0.4, -0.2) is 25.8 Å². The van der Waals surface area contributed by atoms with Gasteiger partial charge in [0.1, 0.15) is 11.7 Å². The van der Waals surface area contributed by atoms with Gasteiger partial charge < -0.3 is 9.84 Å². The standard InChI is InChI=1S/C16H21N5O2/c1-9(16-18-14(20-23-16)10-7-8-10)17-15(22)13-11-5-3-4-6-12(11)19-21(13)2/h9-10H,3-8H2,1-2H3,(H,17,22)/t9-/m0/s1. The van der Waals surface area contributed by atoms with E-state index in [4.69, 9.17) is 4.52 Å². The predicted molar refractivity (Wildman–Crippen MR) is 82.0 cm³/mol. The van der Waals surface area contributed by atoms with Crippen LogP contribution in [0.4, 0.5) is 0 Å². The van der Waals surface area contributed by atoms with Crippen molar-refractivity contribution in [1.29, 1.82) is 0 Å². The third kappa shape index (κ3) is 2.64. The van der Waals surface area contributed by atoms with Crippen molar-refractivity contribution in [3.05, 3.63) is 28.7 Å². The molecule has 0 aromatic carbocycles. The van der Waals surface area contributed by atoms with Crippen molar-refractivity contribution in [3.8, 4) is 0 Å². The Bertz CT molecular complexity index is 744. The quantitative estimate of drug-likeness (QED) is 0.933. The van der Waals surface area contributed by atoms with Gasteiger partial charge in [0.2, 0.25) is 5.89 Å². The topological polar surface area (TPSA) is 85.8 Å². The third-order valence-electron chi connectivity index (χ3n) is 4.65. The number of nitrogens with one attached hydrogen (secondary N) is 1. The Balaban J connectivity index is 1.51. The fourth-order valence-corrected chi connectivity index (χ4v) is 3.22. The first-order valence-corrected chi connectivity index (χ1v) is 8.32. The summed E-state index contributed by atoms with van der Waals surface area (Å²) in [5.74, 6) is 1.55. The van der Waals surface area contributed by atoms with Gasteiger partial charge in [-0.05, 0) is 45.4 Å². The fraction of sp³-hybridized carbons (Fsp3) is 0.625. The molecule has 1 atom stereocenters. The van der Waals surface area contributed by atoms with Gasteiger partial charge >= 0.3 is 0 Å². The van der Waals surface area contributed by atoms with Gasteiger partial charge in [-0.3, -0.25) is 9.48 Å². The molecule has 122 valence electrons. The molecule has 2 aliphatic rings. The lowest BCUT2D eigenvalue weighted by atomic mass is 9.95. The Morgan fingerprint density at radius 3 is 2.91 bits per heavy atom. The molecule has 2 aromatic rings. The Labute approximate surface area is 134 Å². The van der Waals surface area contributed by atoms with Gasteiger partial charge in [0.15, 0.2) is 5.82 Å². The van der Waals surface area contributed by atoms with Crippen LogP contribution in [0.2, 0.25) is 0 Å². The zero-order valence-electron chi connectivity index (χ0n) is 13.5. The summed E-state index contributed by atoms with van der Waals surface area (Å²) >= 11 is 0. The molecule has 2 aromatic heterocycles. The van der Waals surface area contributed by atoms with Gasteiger partial charge in [-0.1, -0.05) is 5.16 Å². The van der Waals surface area contributed by atoms with E-state index in [0.29, 0.717) is 17.5 Å². The molecule has 0 aliphatic heterocycles. The summed E-state index contributed by atoms with van der Waals surface area (Å²) in [6.07, 6.45) is 6.39. The molecule has 1 fully saturated rings. The molecule has 0 saturated heterocycles. The van der Waals surface area contributed by atoms with Crippen LogP contribution in [0, 0.1) is 0 Å². The molecule has 1 saturated carbocycles. The fourth-order valence-electron chi connectivity index (χ4n) is 3.22.